The molecule has 0 bridgehead atoms. The van der Waals surface area contributed by atoms with Crippen LogP contribution in [0.2, 0.25) is 0 Å². The van der Waals surface area contributed by atoms with Crippen molar-refractivity contribution in [3.8, 4) is 0 Å². The van der Waals surface area contributed by atoms with Gasteiger partial charge in [0.25, 0.3) is 0 Å². The Hall–Kier alpha value is -2.11. The summed E-state index contributed by atoms with van der Waals surface area (Å²) >= 11 is 0. The van der Waals surface area contributed by atoms with Crippen LogP contribution in [0.15, 0.2) is 12.1 Å². The van der Waals surface area contributed by atoms with Crippen molar-refractivity contribution in [2.24, 2.45) is 5.73 Å². The van der Waals surface area contributed by atoms with Crippen LogP contribution >= 0.6 is 0 Å². The Morgan fingerprint density at radius 1 is 1.47 bits per heavy atom. The summed E-state index contributed by atoms with van der Waals surface area (Å²) in [6.45, 7) is 3.52. The first kappa shape index (κ1) is 13.0. The zero-order chi connectivity index (χ0) is 13.2. The minimum absolute atomic E-state index is 0.245. The zero-order valence-corrected chi connectivity index (χ0v) is 9.97. The van der Waals surface area contributed by atoms with E-state index >= 15 is 0 Å². The molecule has 1 aromatic carbocycles. The molecule has 4 N–H and O–H groups in total. The van der Waals surface area contributed by atoms with Crippen molar-refractivity contribution in [2.45, 2.75) is 13.8 Å². The maximum Gasteiger partial charge on any atom is 0.318 e. The van der Waals surface area contributed by atoms with Gasteiger partial charge in [-0.1, -0.05) is 6.07 Å². The van der Waals surface area contributed by atoms with E-state index in [2.05, 4.69) is 5.32 Å². The van der Waals surface area contributed by atoms with E-state index in [1.54, 1.807) is 19.9 Å². The third kappa shape index (κ3) is 2.93. The normalized spacial score (nSPS) is 9.88. The Balaban J connectivity index is 3.08. The number of carbonyl (C=O) groups is 1. The molecule has 1 aromatic rings. The molecule has 0 aliphatic rings. The summed E-state index contributed by atoms with van der Waals surface area (Å²) in [4.78, 5) is 11.9. The highest BCUT2D eigenvalue weighted by Gasteiger charge is 2.15. The first-order valence-corrected chi connectivity index (χ1v) is 4.98. The van der Waals surface area contributed by atoms with Gasteiger partial charge >= 0.3 is 6.03 Å². The molecule has 0 heterocycles. The van der Waals surface area contributed by atoms with E-state index in [1.165, 1.54) is 18.0 Å². The summed E-state index contributed by atoms with van der Waals surface area (Å²) in [5.41, 5.74) is 6.62. The van der Waals surface area contributed by atoms with Crippen LogP contribution in [0.3, 0.4) is 0 Å². The van der Waals surface area contributed by atoms with Gasteiger partial charge in [0.1, 0.15) is 5.82 Å². The molecule has 5 nitrogen and oxygen atoms in total. The van der Waals surface area contributed by atoms with Crippen molar-refractivity contribution in [1.82, 2.24) is 5.32 Å². The molecule has 0 atom stereocenters. The Bertz CT molecular complexity index is 450. The van der Waals surface area contributed by atoms with Crippen LogP contribution in [-0.2, 0) is 0 Å². The van der Waals surface area contributed by atoms with Gasteiger partial charge in [-0.3, -0.25) is 10.7 Å². The number of hydrogen-bond donors (Lipinski definition) is 3. The number of benzene rings is 1. The number of anilines is 1. The molecule has 6 heteroatoms. The minimum atomic E-state index is -0.855. The Kier molecular flexibility index (Phi) is 3.67. The number of nitrogens with one attached hydrogen (secondary N) is 2. The number of rotatable bonds is 1. The number of hydrogen-bond acceptors (Lipinski definition) is 2. The highest BCUT2D eigenvalue weighted by Crippen LogP contribution is 2.24. The first-order valence-electron chi connectivity index (χ1n) is 4.98. The molecule has 2 amide bonds. The highest BCUT2D eigenvalue weighted by atomic mass is 19.1. The van der Waals surface area contributed by atoms with E-state index < -0.39 is 11.8 Å². The number of nitrogens with zero attached hydrogens (tertiary/aromatic N) is 1. The Morgan fingerprint density at radius 2 is 2.06 bits per heavy atom. The molecule has 0 saturated carbocycles. The molecular formula is C11H15FN4O. The first-order chi connectivity index (χ1) is 7.82. The lowest BCUT2D eigenvalue weighted by Crippen LogP contribution is -2.44. The smallest absolute Gasteiger partial charge is 0.318 e. The van der Waals surface area contributed by atoms with Crippen molar-refractivity contribution in [1.29, 1.82) is 5.41 Å². The van der Waals surface area contributed by atoms with E-state index in [4.69, 9.17) is 11.1 Å². The van der Waals surface area contributed by atoms with Crippen LogP contribution < -0.4 is 16.0 Å². The molecule has 92 valence electrons. The van der Waals surface area contributed by atoms with Gasteiger partial charge in [-0.2, -0.15) is 0 Å². The van der Waals surface area contributed by atoms with Crippen molar-refractivity contribution >= 4 is 17.7 Å². The molecule has 0 radical (unpaired) electrons. The molecular weight excluding hydrogens is 223 g/mol. The third-order valence-corrected chi connectivity index (χ3v) is 2.31. The van der Waals surface area contributed by atoms with Crippen molar-refractivity contribution < 1.29 is 9.18 Å². The van der Waals surface area contributed by atoms with E-state index in [9.17, 15) is 9.18 Å². The fraction of sp³-hybridized carbons (Fsp3) is 0.273. The number of aryl methyl sites for hydroxylation is 2. The van der Waals surface area contributed by atoms with Crippen LogP contribution in [0.5, 0.6) is 0 Å². The van der Waals surface area contributed by atoms with Gasteiger partial charge in [0.2, 0.25) is 5.96 Å². The predicted molar refractivity (Wildman–Crippen MR) is 64.7 cm³/mol. The quantitative estimate of drug-likeness (QED) is 0.511. The number of carbonyl (C=O) groups excluding carboxylic acids is 1. The van der Waals surface area contributed by atoms with E-state index in [1.807, 2.05) is 0 Å². The highest BCUT2D eigenvalue weighted by molar-refractivity contribution is 6.03. The standard InChI is InChI=1S/C11H15FN4O/c1-6-4-7(2)9(8(12)5-6)16(3)10(13)15-11(14)17/h4-5H,1-3H3,(H4,13,14,15,17). The lowest BCUT2D eigenvalue weighted by atomic mass is 10.1. The fourth-order valence-corrected chi connectivity index (χ4v) is 1.65. The van der Waals surface area contributed by atoms with Crippen LogP contribution in [-0.4, -0.2) is 19.0 Å². The number of amides is 2. The number of primary amides is 1. The molecule has 0 aliphatic heterocycles. The Labute approximate surface area is 98.9 Å². The number of guanidine groups is 1. The monoisotopic (exact) mass is 238 g/mol. The maximum atomic E-state index is 13.8. The number of halogens is 1. The van der Waals surface area contributed by atoms with Crippen LogP contribution in [0.4, 0.5) is 14.9 Å². The third-order valence-electron chi connectivity index (χ3n) is 2.31. The van der Waals surface area contributed by atoms with Crippen LogP contribution in [0.1, 0.15) is 11.1 Å². The summed E-state index contributed by atoms with van der Waals surface area (Å²) < 4.78 is 13.8. The summed E-state index contributed by atoms with van der Waals surface area (Å²) in [5, 5.41) is 9.65. The van der Waals surface area contributed by atoms with Gasteiger partial charge in [0.15, 0.2) is 0 Å². The summed E-state index contributed by atoms with van der Waals surface area (Å²) in [5.74, 6) is -0.718. The summed E-state index contributed by atoms with van der Waals surface area (Å²) in [6.07, 6.45) is 0. The molecule has 0 saturated heterocycles. The van der Waals surface area contributed by atoms with Gasteiger partial charge in [-0.25, -0.2) is 9.18 Å². The molecule has 0 fully saturated rings. The van der Waals surface area contributed by atoms with Gasteiger partial charge < -0.3 is 10.6 Å². The maximum absolute atomic E-state index is 13.8. The van der Waals surface area contributed by atoms with E-state index in [0.29, 0.717) is 5.56 Å². The minimum Gasteiger partial charge on any atom is -0.351 e. The lowest BCUT2D eigenvalue weighted by Gasteiger charge is -2.22. The number of urea groups is 1. The molecule has 0 aliphatic carbocycles. The summed E-state index contributed by atoms with van der Waals surface area (Å²) in [7, 11) is 1.49. The van der Waals surface area contributed by atoms with Crippen molar-refractivity contribution in [2.75, 3.05) is 11.9 Å². The van der Waals surface area contributed by atoms with Crippen molar-refractivity contribution in [3.05, 3.63) is 29.1 Å². The molecule has 0 spiro atoms. The topological polar surface area (TPSA) is 82.2 Å². The van der Waals surface area contributed by atoms with Crippen LogP contribution in [0, 0.1) is 25.1 Å². The zero-order valence-electron chi connectivity index (χ0n) is 9.97. The second-order valence-electron chi connectivity index (χ2n) is 3.81. The van der Waals surface area contributed by atoms with E-state index in [-0.39, 0.29) is 11.6 Å². The van der Waals surface area contributed by atoms with Crippen molar-refractivity contribution in [3.63, 3.8) is 0 Å². The van der Waals surface area contributed by atoms with Gasteiger partial charge in [-0.15, -0.1) is 0 Å². The average Bonchev–Trinajstić information content (AvgIpc) is 2.14. The second-order valence-corrected chi connectivity index (χ2v) is 3.81. The van der Waals surface area contributed by atoms with Gasteiger partial charge in [0, 0.05) is 7.05 Å². The molecule has 0 unspecified atom stereocenters. The predicted octanol–water partition coefficient (Wildman–Crippen LogP) is 1.48. The lowest BCUT2D eigenvalue weighted by molar-refractivity contribution is 0.253. The Morgan fingerprint density at radius 3 is 2.53 bits per heavy atom. The summed E-state index contributed by atoms with van der Waals surface area (Å²) in [6, 6.07) is 2.31. The van der Waals surface area contributed by atoms with Gasteiger partial charge in [-0.05, 0) is 31.0 Å². The average molecular weight is 238 g/mol. The second kappa shape index (κ2) is 4.82. The van der Waals surface area contributed by atoms with Crippen LogP contribution in [0.25, 0.3) is 0 Å². The fourth-order valence-electron chi connectivity index (χ4n) is 1.65. The SMILES string of the molecule is Cc1cc(C)c(N(C)C(=N)NC(N)=O)c(F)c1. The molecule has 17 heavy (non-hydrogen) atoms. The largest absolute Gasteiger partial charge is 0.351 e. The van der Waals surface area contributed by atoms with E-state index in [0.717, 1.165) is 5.56 Å². The number of nitrogens with two attached hydrogens (primary N) is 1. The van der Waals surface area contributed by atoms with Gasteiger partial charge in [0.05, 0.1) is 5.69 Å². The molecule has 0 aromatic heterocycles. The molecule has 1 rings (SSSR count).